The number of carboxylic acid groups (broad SMARTS) is 1. The number of aromatic nitrogens is 1. The molecule has 6 heteroatoms. The summed E-state index contributed by atoms with van der Waals surface area (Å²) in [5.74, 6) is -0.990. The molecule has 0 atom stereocenters. The molecule has 0 amide bonds. The number of benzene rings is 2. The molecule has 0 saturated heterocycles. The van der Waals surface area contributed by atoms with E-state index in [4.69, 9.17) is 16.7 Å². The van der Waals surface area contributed by atoms with Crippen LogP contribution in [0.1, 0.15) is 44.5 Å². The topological polar surface area (TPSA) is 79.5 Å². The van der Waals surface area contributed by atoms with Crippen LogP contribution in [0.25, 0.3) is 21.9 Å². The summed E-state index contributed by atoms with van der Waals surface area (Å²) in [5.41, 5.74) is 3.45. The average molecular weight is 470 g/mol. The number of aliphatic carboxylic acids is 1. The molecule has 3 aromatic rings. The number of pyridine rings is 1. The first kappa shape index (κ1) is 28.0. The van der Waals surface area contributed by atoms with E-state index in [2.05, 4.69) is 19.8 Å². The number of aryl methyl sites for hydroxylation is 2. The highest BCUT2D eigenvalue weighted by Crippen LogP contribution is 2.37. The van der Waals surface area contributed by atoms with E-state index >= 15 is 0 Å². The van der Waals surface area contributed by atoms with Crippen molar-refractivity contribution >= 4 is 28.3 Å². The number of hydrogen-bond acceptors (Lipinski definition) is 3. The van der Waals surface area contributed by atoms with Gasteiger partial charge in [0.15, 0.2) is 0 Å². The van der Waals surface area contributed by atoms with E-state index in [9.17, 15) is 14.7 Å². The van der Waals surface area contributed by atoms with Gasteiger partial charge < -0.3 is 14.8 Å². The molecule has 2 aromatic carbocycles. The van der Waals surface area contributed by atoms with Crippen LogP contribution >= 0.6 is 11.6 Å². The van der Waals surface area contributed by atoms with Gasteiger partial charge in [0.25, 0.3) is 5.56 Å². The van der Waals surface area contributed by atoms with Crippen molar-refractivity contribution in [1.82, 2.24) is 4.57 Å². The van der Waals surface area contributed by atoms with Gasteiger partial charge in [-0.05, 0) is 68.8 Å². The number of terminal acetylenes is 1. The van der Waals surface area contributed by atoms with Crippen LogP contribution in [0.4, 0.5) is 0 Å². The van der Waals surface area contributed by atoms with E-state index in [-0.39, 0.29) is 12.0 Å². The van der Waals surface area contributed by atoms with E-state index in [1.807, 2.05) is 31.2 Å². The summed E-state index contributed by atoms with van der Waals surface area (Å²) in [5, 5.41) is 19.7. The summed E-state index contributed by atoms with van der Waals surface area (Å²) >= 11 is 6.56. The Balaban J connectivity index is 0.000000689. The second-order valence-corrected chi connectivity index (χ2v) is 8.99. The predicted octanol–water partition coefficient (Wildman–Crippen LogP) is 5.38. The van der Waals surface area contributed by atoms with Crippen molar-refractivity contribution in [2.75, 3.05) is 0 Å². The molecule has 0 bridgehead atoms. The molecule has 0 fully saturated rings. The molecule has 1 heterocycles. The van der Waals surface area contributed by atoms with Crippen LogP contribution in [-0.4, -0.2) is 26.4 Å². The van der Waals surface area contributed by atoms with Crippen molar-refractivity contribution in [3.8, 4) is 24.0 Å². The maximum atomic E-state index is 12.7. The van der Waals surface area contributed by atoms with Crippen LogP contribution in [0.15, 0.2) is 41.2 Å². The van der Waals surface area contributed by atoms with Crippen LogP contribution in [0.3, 0.4) is 0 Å². The number of nitrogens with zero attached hydrogens (tertiary/aromatic N) is 1. The maximum Gasteiger partial charge on any atom is 0.309 e. The molecular weight excluding hydrogens is 438 g/mol. The zero-order valence-electron chi connectivity index (χ0n) is 20.1. The molecule has 0 radical (unpaired) electrons. The first-order valence-electron chi connectivity index (χ1n) is 10.5. The minimum absolute atomic E-state index is 0.209. The normalized spacial score (nSPS) is 10.6. The molecule has 3 rings (SSSR count). The van der Waals surface area contributed by atoms with Gasteiger partial charge in [-0.3, -0.25) is 9.59 Å². The van der Waals surface area contributed by atoms with E-state index in [1.165, 1.54) is 4.57 Å². The third-order valence-corrected chi connectivity index (χ3v) is 5.13. The molecular formula is C27H32ClNO4. The summed E-state index contributed by atoms with van der Waals surface area (Å²) in [6, 6.07) is 11.2. The number of halogens is 1. The number of rotatable bonds is 4. The molecule has 176 valence electrons. The smallest absolute Gasteiger partial charge is 0.309 e. The third kappa shape index (κ3) is 7.21. The van der Waals surface area contributed by atoms with Crippen LogP contribution in [0.5, 0.6) is 0 Å². The summed E-state index contributed by atoms with van der Waals surface area (Å²) in [4.78, 5) is 24.2. The molecule has 2 N–H and O–H groups in total. The minimum Gasteiger partial charge on any atom is -0.481 e. The Kier molecular flexibility index (Phi) is 9.91. The summed E-state index contributed by atoms with van der Waals surface area (Å²) in [6.07, 6.45) is 8.59. The monoisotopic (exact) mass is 469 g/mol. The van der Waals surface area contributed by atoms with Crippen LogP contribution in [0, 0.1) is 19.8 Å². The van der Waals surface area contributed by atoms with Gasteiger partial charge in [-0.1, -0.05) is 36.7 Å². The van der Waals surface area contributed by atoms with Crippen LogP contribution in [0.2, 0.25) is 5.02 Å². The highest BCUT2D eigenvalue weighted by molar-refractivity contribution is 6.34. The Morgan fingerprint density at radius 1 is 1.12 bits per heavy atom. The number of aliphatic hydroxyl groups is 1. The van der Waals surface area contributed by atoms with Crippen molar-refractivity contribution in [3.05, 3.63) is 68.6 Å². The van der Waals surface area contributed by atoms with Crippen molar-refractivity contribution < 1.29 is 15.0 Å². The highest BCUT2D eigenvalue weighted by atomic mass is 35.5. The molecule has 1 aromatic heterocycles. The Hall–Kier alpha value is -3.07. The van der Waals surface area contributed by atoms with Crippen molar-refractivity contribution in [2.24, 2.45) is 7.05 Å². The standard InChI is InChI=1S/C21H20ClNO3.C4H10O.C2H2/c1-4-13-10-16(17(22)9-12(13)2)20-14-7-5-6-8-15(14)21(26)23(3)18(20)11-19(24)25;1-4(2,3)5;1-2/h5-10H,4,11H2,1-3H3,(H,24,25);5H,1-3H3;1-2H. The summed E-state index contributed by atoms with van der Waals surface area (Å²) in [6.45, 7) is 9.30. The van der Waals surface area contributed by atoms with E-state index in [0.717, 1.165) is 28.5 Å². The van der Waals surface area contributed by atoms with Gasteiger partial charge in [0.1, 0.15) is 0 Å². The summed E-state index contributed by atoms with van der Waals surface area (Å²) < 4.78 is 1.42. The molecule has 0 aliphatic heterocycles. The van der Waals surface area contributed by atoms with Gasteiger partial charge in [0, 0.05) is 34.3 Å². The molecule has 0 saturated carbocycles. The minimum atomic E-state index is -0.990. The Morgan fingerprint density at radius 2 is 1.64 bits per heavy atom. The first-order chi connectivity index (χ1) is 15.3. The highest BCUT2D eigenvalue weighted by Gasteiger charge is 2.20. The van der Waals surface area contributed by atoms with E-state index in [1.54, 1.807) is 40.0 Å². The van der Waals surface area contributed by atoms with Crippen molar-refractivity contribution in [2.45, 2.75) is 53.1 Å². The fourth-order valence-electron chi connectivity index (χ4n) is 3.45. The number of carboxylic acids is 1. The largest absolute Gasteiger partial charge is 0.481 e. The summed E-state index contributed by atoms with van der Waals surface area (Å²) in [7, 11) is 1.61. The van der Waals surface area contributed by atoms with Gasteiger partial charge in [-0.25, -0.2) is 0 Å². The maximum absolute atomic E-state index is 12.7. The van der Waals surface area contributed by atoms with Crippen molar-refractivity contribution in [1.29, 1.82) is 0 Å². The second-order valence-electron chi connectivity index (χ2n) is 8.58. The molecule has 0 spiro atoms. The van der Waals surface area contributed by atoms with Crippen LogP contribution < -0.4 is 5.56 Å². The zero-order valence-corrected chi connectivity index (χ0v) is 20.8. The van der Waals surface area contributed by atoms with E-state index < -0.39 is 11.6 Å². The SMILES string of the molecule is C#C.CC(C)(C)O.CCc1cc(-c2c(CC(=O)O)n(C)c(=O)c3ccccc23)c(Cl)cc1C. The molecule has 0 aliphatic carbocycles. The quantitative estimate of drug-likeness (QED) is 0.502. The lowest BCUT2D eigenvalue weighted by Gasteiger charge is -2.19. The van der Waals surface area contributed by atoms with Gasteiger partial charge in [-0.2, -0.15) is 0 Å². The molecule has 0 aliphatic rings. The average Bonchev–Trinajstić information content (AvgIpc) is 2.73. The Bertz CT molecular complexity index is 1210. The van der Waals surface area contributed by atoms with Gasteiger partial charge in [-0.15, -0.1) is 12.8 Å². The fourth-order valence-corrected chi connectivity index (χ4v) is 3.77. The van der Waals surface area contributed by atoms with Crippen molar-refractivity contribution in [3.63, 3.8) is 0 Å². The molecule has 33 heavy (non-hydrogen) atoms. The predicted molar refractivity (Wildman–Crippen MR) is 137 cm³/mol. The third-order valence-electron chi connectivity index (χ3n) is 4.82. The first-order valence-corrected chi connectivity index (χ1v) is 10.9. The Labute approximate surface area is 200 Å². The lowest BCUT2D eigenvalue weighted by atomic mass is 9.92. The van der Waals surface area contributed by atoms with Gasteiger partial charge in [0.05, 0.1) is 12.0 Å². The lowest BCUT2D eigenvalue weighted by Crippen LogP contribution is -2.23. The number of hydrogen-bond donors (Lipinski definition) is 2. The van der Waals surface area contributed by atoms with Crippen LogP contribution in [-0.2, 0) is 24.7 Å². The molecule has 0 unspecified atom stereocenters. The number of carbonyl (C=O) groups is 1. The fraction of sp³-hybridized carbons (Fsp3) is 0.333. The van der Waals surface area contributed by atoms with E-state index in [0.29, 0.717) is 21.7 Å². The second kappa shape index (κ2) is 11.7. The van der Waals surface area contributed by atoms with Gasteiger partial charge in [0.2, 0.25) is 0 Å². The zero-order chi connectivity index (χ0) is 25.5. The molecule has 5 nitrogen and oxygen atoms in total. The lowest BCUT2D eigenvalue weighted by molar-refractivity contribution is -0.136. The van der Waals surface area contributed by atoms with Gasteiger partial charge >= 0.3 is 5.97 Å². The number of fused-ring (bicyclic) bond motifs is 1. The Morgan fingerprint density at radius 3 is 2.12 bits per heavy atom.